The SMILES string of the molecule is Cc1ccc(Cl)cc1N1CC[NH+](Cc2nc3scc(-c4ccc(Cl)cc4)c3c(=O)[nH]2)CC1. The number of thiophene rings is 1. The molecule has 1 fully saturated rings. The summed E-state index contributed by atoms with van der Waals surface area (Å²) in [5, 5.41) is 4.09. The third-order valence-electron chi connectivity index (χ3n) is 6.05. The van der Waals surface area contributed by atoms with E-state index in [1.807, 2.05) is 41.8 Å². The number of nitrogens with one attached hydrogen (secondary N) is 2. The van der Waals surface area contributed by atoms with Gasteiger partial charge >= 0.3 is 0 Å². The number of benzene rings is 2. The van der Waals surface area contributed by atoms with Crippen LogP contribution in [0, 0.1) is 6.92 Å². The van der Waals surface area contributed by atoms with E-state index >= 15 is 0 Å². The Balaban J connectivity index is 1.32. The molecule has 5 nitrogen and oxygen atoms in total. The largest absolute Gasteiger partial charge is 0.360 e. The average Bonchev–Trinajstić information content (AvgIpc) is 3.21. The molecular formula is C24H23Cl2N4OS+. The number of nitrogens with zero attached hydrogens (tertiary/aromatic N) is 2. The Morgan fingerprint density at radius 1 is 1.09 bits per heavy atom. The Hall–Kier alpha value is -2.38. The predicted molar refractivity (Wildman–Crippen MR) is 133 cm³/mol. The fourth-order valence-corrected chi connectivity index (χ4v) is 5.58. The van der Waals surface area contributed by atoms with Gasteiger partial charge in [-0.3, -0.25) is 4.79 Å². The Morgan fingerprint density at radius 3 is 2.56 bits per heavy atom. The first-order valence-electron chi connectivity index (χ1n) is 10.6. The summed E-state index contributed by atoms with van der Waals surface area (Å²) >= 11 is 13.7. The van der Waals surface area contributed by atoms with Crippen LogP contribution < -0.4 is 15.4 Å². The summed E-state index contributed by atoms with van der Waals surface area (Å²) in [6.45, 7) is 6.68. The van der Waals surface area contributed by atoms with Gasteiger partial charge in [-0.2, -0.15) is 0 Å². The van der Waals surface area contributed by atoms with Gasteiger partial charge in [-0.1, -0.05) is 41.4 Å². The second-order valence-electron chi connectivity index (χ2n) is 8.19. The maximum absolute atomic E-state index is 12.9. The molecule has 0 bridgehead atoms. The number of hydrogen-bond donors (Lipinski definition) is 2. The molecule has 0 radical (unpaired) electrons. The first-order chi connectivity index (χ1) is 15.5. The van der Waals surface area contributed by atoms with Crippen molar-refractivity contribution in [2.75, 3.05) is 31.1 Å². The fourth-order valence-electron chi connectivity index (χ4n) is 4.32. The summed E-state index contributed by atoms with van der Waals surface area (Å²) in [5.74, 6) is 0.745. The quantitative estimate of drug-likeness (QED) is 0.455. The van der Waals surface area contributed by atoms with Crippen LogP contribution in [-0.4, -0.2) is 36.1 Å². The molecule has 2 aromatic carbocycles. The van der Waals surface area contributed by atoms with Crippen molar-refractivity contribution in [1.82, 2.24) is 9.97 Å². The third-order valence-corrected chi connectivity index (χ3v) is 7.41. The lowest BCUT2D eigenvalue weighted by atomic mass is 10.1. The zero-order valence-electron chi connectivity index (χ0n) is 17.6. The topological polar surface area (TPSA) is 53.4 Å². The molecule has 0 atom stereocenters. The van der Waals surface area contributed by atoms with Gasteiger partial charge in [-0.05, 0) is 42.3 Å². The van der Waals surface area contributed by atoms with Gasteiger partial charge in [0.05, 0.1) is 31.6 Å². The molecular weight excluding hydrogens is 463 g/mol. The van der Waals surface area contributed by atoms with E-state index in [-0.39, 0.29) is 5.56 Å². The van der Waals surface area contributed by atoms with Crippen molar-refractivity contribution < 1.29 is 4.90 Å². The lowest BCUT2D eigenvalue weighted by molar-refractivity contribution is -0.915. The molecule has 0 aliphatic carbocycles. The van der Waals surface area contributed by atoms with Crippen LogP contribution in [0.15, 0.2) is 52.6 Å². The van der Waals surface area contributed by atoms with Gasteiger partial charge in [-0.25, -0.2) is 4.98 Å². The van der Waals surface area contributed by atoms with Crippen LogP contribution in [0.4, 0.5) is 5.69 Å². The van der Waals surface area contributed by atoms with Crippen molar-refractivity contribution in [1.29, 1.82) is 0 Å². The highest BCUT2D eigenvalue weighted by Gasteiger charge is 2.23. The molecule has 3 heterocycles. The van der Waals surface area contributed by atoms with Crippen LogP contribution >= 0.6 is 34.5 Å². The Kier molecular flexibility index (Phi) is 5.95. The summed E-state index contributed by atoms with van der Waals surface area (Å²) in [6.07, 6.45) is 0. The second-order valence-corrected chi connectivity index (χ2v) is 9.92. The van der Waals surface area contributed by atoms with Gasteiger partial charge in [0.15, 0.2) is 5.82 Å². The number of aryl methyl sites for hydroxylation is 1. The van der Waals surface area contributed by atoms with E-state index in [1.165, 1.54) is 27.5 Å². The minimum absolute atomic E-state index is 0.0798. The second kappa shape index (κ2) is 8.87. The zero-order chi connectivity index (χ0) is 22.2. The first-order valence-corrected chi connectivity index (χ1v) is 12.2. The highest BCUT2D eigenvalue weighted by atomic mass is 35.5. The van der Waals surface area contributed by atoms with Crippen molar-refractivity contribution in [3.05, 3.63) is 79.6 Å². The molecule has 8 heteroatoms. The molecule has 5 rings (SSSR count). The smallest absolute Gasteiger partial charge is 0.260 e. The monoisotopic (exact) mass is 485 g/mol. The third kappa shape index (κ3) is 4.28. The summed E-state index contributed by atoms with van der Waals surface area (Å²) in [7, 11) is 0. The number of piperazine rings is 1. The molecule has 1 aliphatic rings. The van der Waals surface area contributed by atoms with Crippen LogP contribution in [0.3, 0.4) is 0 Å². The Morgan fingerprint density at radius 2 is 1.81 bits per heavy atom. The number of halogens is 2. The van der Waals surface area contributed by atoms with Gasteiger partial charge in [0.1, 0.15) is 11.4 Å². The van der Waals surface area contributed by atoms with Crippen LogP contribution in [0.1, 0.15) is 11.4 Å². The summed E-state index contributed by atoms with van der Waals surface area (Å²) < 4.78 is 0. The Bertz CT molecular complexity index is 1320. The van der Waals surface area contributed by atoms with Crippen molar-refractivity contribution in [3.8, 4) is 11.1 Å². The maximum atomic E-state index is 12.9. The number of fused-ring (bicyclic) bond motifs is 1. The number of hydrogen-bond acceptors (Lipinski definition) is 4. The molecule has 2 aromatic heterocycles. The van der Waals surface area contributed by atoms with E-state index in [0.717, 1.165) is 53.0 Å². The van der Waals surface area contributed by atoms with E-state index in [4.69, 9.17) is 28.2 Å². The summed E-state index contributed by atoms with van der Waals surface area (Å²) in [4.78, 5) is 25.3. The number of anilines is 1. The normalized spacial score (nSPS) is 14.9. The van der Waals surface area contributed by atoms with Crippen LogP contribution in [0.2, 0.25) is 10.0 Å². The number of aromatic amines is 1. The standard InChI is InChI=1S/C24H22Cl2N4OS/c1-15-2-5-18(26)12-20(15)30-10-8-29(9-11-30)13-21-27-23(31)22-19(14-32-24(22)28-21)16-3-6-17(25)7-4-16/h2-7,12,14H,8-11,13H2,1H3,(H,27,28,31)/p+1. The van der Waals surface area contributed by atoms with Crippen LogP contribution in [0.5, 0.6) is 0 Å². The molecule has 164 valence electrons. The molecule has 2 N–H and O–H groups in total. The van der Waals surface area contributed by atoms with Crippen molar-refractivity contribution in [3.63, 3.8) is 0 Å². The highest BCUT2D eigenvalue weighted by molar-refractivity contribution is 7.17. The van der Waals surface area contributed by atoms with E-state index in [1.54, 1.807) is 0 Å². The van der Waals surface area contributed by atoms with E-state index < -0.39 is 0 Å². The number of quaternary nitrogens is 1. The van der Waals surface area contributed by atoms with E-state index in [9.17, 15) is 4.79 Å². The zero-order valence-corrected chi connectivity index (χ0v) is 19.9. The van der Waals surface area contributed by atoms with Crippen molar-refractivity contribution >= 4 is 50.4 Å². The number of H-pyrrole nitrogens is 1. The van der Waals surface area contributed by atoms with Gasteiger partial charge in [0, 0.05) is 26.7 Å². The first kappa shape index (κ1) is 21.5. The fraction of sp³-hybridized carbons (Fsp3) is 0.250. The number of rotatable bonds is 4. The minimum Gasteiger partial charge on any atom is -0.360 e. The Labute approximate surface area is 200 Å². The number of aromatic nitrogens is 2. The van der Waals surface area contributed by atoms with Crippen LogP contribution in [-0.2, 0) is 6.54 Å². The molecule has 4 aromatic rings. The van der Waals surface area contributed by atoms with Crippen molar-refractivity contribution in [2.45, 2.75) is 13.5 Å². The van der Waals surface area contributed by atoms with E-state index in [2.05, 4.69) is 22.9 Å². The summed E-state index contributed by atoms with van der Waals surface area (Å²) in [5.41, 5.74) is 4.24. The maximum Gasteiger partial charge on any atom is 0.260 e. The molecule has 1 saturated heterocycles. The molecule has 0 spiro atoms. The van der Waals surface area contributed by atoms with Gasteiger partial charge in [-0.15, -0.1) is 11.3 Å². The molecule has 0 unspecified atom stereocenters. The predicted octanol–water partition coefficient (Wildman–Crippen LogP) is 4.17. The lowest BCUT2D eigenvalue weighted by Crippen LogP contribution is -3.13. The lowest BCUT2D eigenvalue weighted by Gasteiger charge is -2.34. The van der Waals surface area contributed by atoms with E-state index in [0.29, 0.717) is 17.0 Å². The molecule has 0 saturated carbocycles. The summed E-state index contributed by atoms with van der Waals surface area (Å²) in [6, 6.07) is 13.6. The average molecular weight is 486 g/mol. The molecule has 0 amide bonds. The van der Waals surface area contributed by atoms with Gasteiger partial charge in [0.25, 0.3) is 5.56 Å². The van der Waals surface area contributed by atoms with Crippen LogP contribution in [0.25, 0.3) is 21.3 Å². The highest BCUT2D eigenvalue weighted by Crippen LogP contribution is 2.31. The van der Waals surface area contributed by atoms with Gasteiger partial charge in [0.2, 0.25) is 0 Å². The van der Waals surface area contributed by atoms with Crippen molar-refractivity contribution in [2.24, 2.45) is 0 Å². The minimum atomic E-state index is -0.0798. The molecule has 32 heavy (non-hydrogen) atoms. The molecule has 1 aliphatic heterocycles. The van der Waals surface area contributed by atoms with Gasteiger partial charge < -0.3 is 14.8 Å².